The van der Waals surface area contributed by atoms with Gasteiger partial charge in [-0.05, 0) is 6.08 Å². The second kappa shape index (κ2) is 2.16. The van der Waals surface area contributed by atoms with Crippen LogP contribution < -0.4 is 0 Å². The molecule has 0 bridgehead atoms. The average Bonchev–Trinajstić information content (AvgIpc) is 2.30. The normalized spacial score (nSPS) is 28.1. The third-order valence-electron chi connectivity index (χ3n) is 2.25. The molecule has 0 N–H and O–H groups in total. The first-order chi connectivity index (χ1) is 5.29. The lowest BCUT2D eigenvalue weighted by Crippen LogP contribution is -2.23. The van der Waals surface area contributed by atoms with Gasteiger partial charge in [-0.15, -0.1) is 0 Å². The van der Waals surface area contributed by atoms with E-state index >= 15 is 0 Å². The number of rotatable bonds is 0. The van der Waals surface area contributed by atoms with Gasteiger partial charge in [0.2, 0.25) is 0 Å². The molecule has 0 amide bonds. The minimum absolute atomic E-state index is 0.512. The van der Waals surface area contributed by atoms with Crippen molar-refractivity contribution in [1.82, 2.24) is 9.80 Å². The zero-order valence-electron chi connectivity index (χ0n) is 6.70. The fourth-order valence-electron chi connectivity index (χ4n) is 1.55. The topological polar surface area (TPSA) is 6.48 Å². The van der Waals surface area contributed by atoms with Gasteiger partial charge >= 0.3 is 0 Å². The summed E-state index contributed by atoms with van der Waals surface area (Å²) in [7, 11) is 2.07. The zero-order chi connectivity index (χ0) is 7.84. The van der Waals surface area contributed by atoms with Crippen LogP contribution in [-0.4, -0.2) is 29.4 Å². The molecule has 2 aliphatic heterocycles. The van der Waals surface area contributed by atoms with Gasteiger partial charge in [0.05, 0.1) is 6.04 Å². The van der Waals surface area contributed by atoms with Crippen molar-refractivity contribution in [1.29, 1.82) is 0 Å². The minimum Gasteiger partial charge on any atom is -0.359 e. The lowest BCUT2D eigenvalue weighted by atomic mass is 10.2. The van der Waals surface area contributed by atoms with Crippen molar-refractivity contribution >= 4 is 0 Å². The van der Waals surface area contributed by atoms with Crippen molar-refractivity contribution < 1.29 is 0 Å². The SMILES string of the molecule is C=C1N(C)CC2C=CC=CN12. The molecular formula is C9H12N2. The minimum atomic E-state index is 0.512. The number of likely N-dealkylation sites (N-methyl/N-ethyl adjacent to an activating group) is 1. The standard InChI is InChI=1S/C9H12N2/c1-8-10(2)7-9-5-3-4-6-11(8)9/h3-6,9H,1,7H2,2H3. The van der Waals surface area contributed by atoms with E-state index in [4.69, 9.17) is 0 Å². The molecule has 0 saturated carbocycles. The highest BCUT2D eigenvalue weighted by Crippen LogP contribution is 2.23. The predicted molar refractivity (Wildman–Crippen MR) is 45.7 cm³/mol. The summed E-state index contributed by atoms with van der Waals surface area (Å²) < 4.78 is 0. The molecule has 0 aromatic heterocycles. The highest BCUT2D eigenvalue weighted by atomic mass is 15.4. The van der Waals surface area contributed by atoms with Crippen LogP contribution in [0.2, 0.25) is 0 Å². The molecule has 1 unspecified atom stereocenters. The Bertz CT molecular complexity index is 240. The van der Waals surface area contributed by atoms with Crippen LogP contribution in [0, 0.1) is 0 Å². The van der Waals surface area contributed by atoms with Crippen molar-refractivity contribution in [2.24, 2.45) is 0 Å². The van der Waals surface area contributed by atoms with Crippen LogP contribution >= 0.6 is 0 Å². The van der Waals surface area contributed by atoms with Crippen LogP contribution in [0.3, 0.4) is 0 Å². The van der Waals surface area contributed by atoms with E-state index in [9.17, 15) is 0 Å². The van der Waals surface area contributed by atoms with E-state index in [1.807, 2.05) is 6.08 Å². The summed E-state index contributed by atoms with van der Waals surface area (Å²) in [5, 5.41) is 0. The van der Waals surface area contributed by atoms with Gasteiger partial charge in [0.15, 0.2) is 0 Å². The Morgan fingerprint density at radius 2 is 2.36 bits per heavy atom. The Balaban J connectivity index is 2.27. The Hall–Kier alpha value is -1.18. The Labute approximate surface area is 67.1 Å². The van der Waals surface area contributed by atoms with Gasteiger partial charge in [0.1, 0.15) is 5.82 Å². The van der Waals surface area contributed by atoms with E-state index in [0.717, 1.165) is 12.4 Å². The van der Waals surface area contributed by atoms with Crippen molar-refractivity contribution in [2.45, 2.75) is 6.04 Å². The largest absolute Gasteiger partial charge is 0.359 e. The molecule has 1 fully saturated rings. The molecule has 1 saturated heterocycles. The summed E-state index contributed by atoms with van der Waals surface area (Å²) in [4.78, 5) is 4.37. The third-order valence-corrected chi connectivity index (χ3v) is 2.25. The first-order valence-corrected chi connectivity index (χ1v) is 3.82. The molecule has 0 radical (unpaired) electrons. The summed E-state index contributed by atoms with van der Waals surface area (Å²) in [5.41, 5.74) is 0. The van der Waals surface area contributed by atoms with Gasteiger partial charge in [-0.25, -0.2) is 0 Å². The number of hydrogen-bond donors (Lipinski definition) is 0. The Morgan fingerprint density at radius 3 is 3.09 bits per heavy atom. The van der Waals surface area contributed by atoms with Gasteiger partial charge in [-0.3, -0.25) is 0 Å². The quantitative estimate of drug-likeness (QED) is 0.508. The molecule has 2 rings (SSSR count). The Kier molecular flexibility index (Phi) is 1.28. The number of allylic oxidation sites excluding steroid dienone is 2. The van der Waals surface area contributed by atoms with Crippen LogP contribution in [0.1, 0.15) is 0 Å². The highest BCUT2D eigenvalue weighted by Gasteiger charge is 2.27. The van der Waals surface area contributed by atoms with Crippen LogP contribution in [-0.2, 0) is 0 Å². The maximum absolute atomic E-state index is 3.99. The number of fused-ring (bicyclic) bond motifs is 1. The van der Waals surface area contributed by atoms with E-state index in [0.29, 0.717) is 6.04 Å². The fraction of sp³-hybridized carbons (Fsp3) is 0.333. The maximum Gasteiger partial charge on any atom is 0.101 e. The molecule has 2 heterocycles. The van der Waals surface area contributed by atoms with Crippen LogP contribution in [0.15, 0.2) is 36.8 Å². The average molecular weight is 148 g/mol. The Morgan fingerprint density at radius 1 is 1.55 bits per heavy atom. The third kappa shape index (κ3) is 0.862. The van der Waals surface area contributed by atoms with Crippen molar-refractivity contribution in [3.63, 3.8) is 0 Å². The summed E-state index contributed by atoms with van der Waals surface area (Å²) in [6, 6.07) is 0.512. The van der Waals surface area contributed by atoms with E-state index in [2.05, 4.69) is 41.8 Å². The predicted octanol–water partition coefficient (Wildman–Crippen LogP) is 1.16. The summed E-state index contributed by atoms with van der Waals surface area (Å²) in [6.07, 6.45) is 8.42. The van der Waals surface area contributed by atoms with Crippen LogP contribution in [0.4, 0.5) is 0 Å². The maximum atomic E-state index is 3.99. The molecule has 2 aliphatic rings. The highest BCUT2D eigenvalue weighted by molar-refractivity contribution is 5.22. The number of nitrogens with zero attached hydrogens (tertiary/aromatic N) is 2. The van der Waals surface area contributed by atoms with Gasteiger partial charge in [0, 0.05) is 19.8 Å². The molecule has 11 heavy (non-hydrogen) atoms. The van der Waals surface area contributed by atoms with E-state index < -0.39 is 0 Å². The second-order valence-electron chi connectivity index (χ2n) is 3.00. The first-order valence-electron chi connectivity index (χ1n) is 3.82. The molecule has 0 aromatic carbocycles. The molecule has 2 heteroatoms. The van der Waals surface area contributed by atoms with E-state index in [1.165, 1.54) is 0 Å². The van der Waals surface area contributed by atoms with Gasteiger partial charge < -0.3 is 9.80 Å². The molecule has 58 valence electrons. The molecule has 1 atom stereocenters. The van der Waals surface area contributed by atoms with Crippen molar-refractivity contribution in [3.05, 3.63) is 36.8 Å². The van der Waals surface area contributed by atoms with E-state index in [1.54, 1.807) is 0 Å². The van der Waals surface area contributed by atoms with Gasteiger partial charge in [-0.2, -0.15) is 0 Å². The van der Waals surface area contributed by atoms with E-state index in [-0.39, 0.29) is 0 Å². The monoisotopic (exact) mass is 148 g/mol. The lowest BCUT2D eigenvalue weighted by molar-refractivity contribution is 0.438. The molecule has 0 aromatic rings. The number of hydrogen-bond acceptors (Lipinski definition) is 2. The fourth-order valence-corrected chi connectivity index (χ4v) is 1.55. The van der Waals surface area contributed by atoms with Gasteiger partial charge in [-0.1, -0.05) is 18.7 Å². The molecule has 0 spiro atoms. The lowest BCUT2D eigenvalue weighted by Gasteiger charge is -2.21. The zero-order valence-corrected chi connectivity index (χ0v) is 6.70. The van der Waals surface area contributed by atoms with Crippen molar-refractivity contribution in [3.8, 4) is 0 Å². The summed E-state index contributed by atoms with van der Waals surface area (Å²) in [5.74, 6) is 1.09. The first kappa shape index (κ1) is 6.53. The molecular weight excluding hydrogens is 136 g/mol. The van der Waals surface area contributed by atoms with Crippen molar-refractivity contribution in [2.75, 3.05) is 13.6 Å². The smallest absolute Gasteiger partial charge is 0.101 e. The van der Waals surface area contributed by atoms with Crippen LogP contribution in [0.25, 0.3) is 0 Å². The summed E-state index contributed by atoms with van der Waals surface area (Å²) in [6.45, 7) is 5.04. The van der Waals surface area contributed by atoms with Gasteiger partial charge in [0.25, 0.3) is 0 Å². The molecule has 2 nitrogen and oxygen atoms in total. The second-order valence-corrected chi connectivity index (χ2v) is 3.00. The van der Waals surface area contributed by atoms with Crippen LogP contribution in [0.5, 0.6) is 0 Å². The summed E-state index contributed by atoms with van der Waals surface area (Å²) >= 11 is 0. The molecule has 0 aliphatic carbocycles.